The highest BCUT2D eigenvalue weighted by Crippen LogP contribution is 2.32. The summed E-state index contributed by atoms with van der Waals surface area (Å²) in [6.07, 6.45) is 0. The number of carbonyl (C=O) groups excluding carboxylic acids is 3. The fourth-order valence-corrected chi connectivity index (χ4v) is 3.13. The van der Waals surface area contributed by atoms with Gasteiger partial charge >= 0.3 is 5.97 Å². The molecular weight excluding hydrogens is 400 g/mol. The van der Waals surface area contributed by atoms with Gasteiger partial charge in [-0.15, -0.1) is 0 Å². The highest BCUT2D eigenvalue weighted by Gasteiger charge is 2.17. The van der Waals surface area contributed by atoms with Gasteiger partial charge in [0.1, 0.15) is 17.6 Å². The molecule has 1 aromatic heterocycles. The lowest BCUT2D eigenvalue weighted by atomic mass is 10.2. The van der Waals surface area contributed by atoms with Crippen molar-refractivity contribution in [3.63, 3.8) is 0 Å². The van der Waals surface area contributed by atoms with Gasteiger partial charge in [0, 0.05) is 5.56 Å². The molecule has 29 heavy (non-hydrogen) atoms. The van der Waals surface area contributed by atoms with Crippen LogP contribution in [0.3, 0.4) is 0 Å². The summed E-state index contributed by atoms with van der Waals surface area (Å²) in [7, 11) is 0. The first-order valence-corrected chi connectivity index (χ1v) is 9.18. The topological polar surface area (TPSA) is 129 Å². The van der Waals surface area contributed by atoms with E-state index in [1.807, 2.05) is 0 Å². The van der Waals surface area contributed by atoms with E-state index in [-0.39, 0.29) is 13.3 Å². The zero-order valence-corrected chi connectivity index (χ0v) is 15.7. The molecule has 1 aliphatic rings. The van der Waals surface area contributed by atoms with Crippen LogP contribution in [-0.2, 0) is 14.3 Å². The maximum Gasteiger partial charge on any atom is 0.325 e. The van der Waals surface area contributed by atoms with E-state index < -0.39 is 24.4 Å². The molecule has 0 radical (unpaired) electrons. The molecule has 0 saturated heterocycles. The molecule has 2 N–H and O–H groups in total. The molecule has 2 amide bonds. The maximum atomic E-state index is 12.1. The molecule has 10 nitrogen and oxygen atoms in total. The summed E-state index contributed by atoms with van der Waals surface area (Å²) in [6.45, 7) is -0.777. The smallest absolute Gasteiger partial charge is 0.325 e. The van der Waals surface area contributed by atoms with Crippen molar-refractivity contribution in [2.24, 2.45) is 0 Å². The van der Waals surface area contributed by atoms with Gasteiger partial charge in [0.05, 0.1) is 17.4 Å². The third-order valence-electron chi connectivity index (χ3n) is 3.95. The van der Waals surface area contributed by atoms with Gasteiger partial charge < -0.3 is 24.8 Å². The van der Waals surface area contributed by atoms with Crippen molar-refractivity contribution in [2.45, 2.75) is 0 Å². The van der Waals surface area contributed by atoms with E-state index in [2.05, 4.69) is 19.4 Å². The number of nitrogens with zero attached hydrogens (tertiary/aromatic N) is 2. The van der Waals surface area contributed by atoms with Gasteiger partial charge in [-0.3, -0.25) is 14.4 Å². The first-order chi connectivity index (χ1) is 14.1. The molecule has 3 aromatic rings. The number of amides is 2. The van der Waals surface area contributed by atoms with Crippen molar-refractivity contribution in [1.29, 1.82) is 0 Å². The van der Waals surface area contributed by atoms with E-state index in [1.165, 1.54) is 6.07 Å². The SMILES string of the molecule is O=C(COC(=O)CNC(=O)c1ccc2c(c1)OCO2)Nc1cccc2nsnc12. The lowest BCUT2D eigenvalue weighted by Crippen LogP contribution is -2.32. The van der Waals surface area contributed by atoms with Crippen LogP contribution in [0.1, 0.15) is 10.4 Å². The van der Waals surface area contributed by atoms with Gasteiger partial charge in [-0.2, -0.15) is 8.75 Å². The molecule has 0 saturated carbocycles. The van der Waals surface area contributed by atoms with Crippen LogP contribution < -0.4 is 20.1 Å². The van der Waals surface area contributed by atoms with Crippen molar-refractivity contribution in [3.05, 3.63) is 42.0 Å². The van der Waals surface area contributed by atoms with Crippen LogP contribution in [0.5, 0.6) is 11.5 Å². The third kappa shape index (κ3) is 4.24. The predicted octanol–water partition coefficient (Wildman–Crippen LogP) is 1.33. The Labute approximate surface area is 168 Å². The normalized spacial score (nSPS) is 11.9. The number of nitrogens with one attached hydrogen (secondary N) is 2. The fourth-order valence-electron chi connectivity index (χ4n) is 2.58. The number of aromatic nitrogens is 2. The third-order valence-corrected chi connectivity index (χ3v) is 4.49. The lowest BCUT2D eigenvalue weighted by Gasteiger charge is -2.08. The number of fused-ring (bicyclic) bond motifs is 2. The minimum Gasteiger partial charge on any atom is -0.454 e. The summed E-state index contributed by atoms with van der Waals surface area (Å²) in [5, 5.41) is 5.04. The van der Waals surface area contributed by atoms with Gasteiger partial charge in [0.25, 0.3) is 11.8 Å². The number of carbonyl (C=O) groups is 3. The van der Waals surface area contributed by atoms with Crippen molar-refractivity contribution in [1.82, 2.24) is 14.1 Å². The van der Waals surface area contributed by atoms with Crippen molar-refractivity contribution >= 4 is 46.2 Å². The number of hydrogen-bond donors (Lipinski definition) is 2. The molecule has 2 heterocycles. The average molecular weight is 414 g/mol. The Bertz CT molecular complexity index is 1100. The summed E-state index contributed by atoms with van der Waals surface area (Å²) in [6, 6.07) is 9.86. The Morgan fingerprint density at radius 3 is 2.86 bits per heavy atom. The van der Waals surface area contributed by atoms with Gasteiger partial charge in [-0.25, -0.2) is 0 Å². The maximum absolute atomic E-state index is 12.1. The average Bonchev–Trinajstić information content (AvgIpc) is 3.39. The largest absolute Gasteiger partial charge is 0.454 e. The predicted molar refractivity (Wildman–Crippen MR) is 102 cm³/mol. The Kier molecular flexibility index (Phi) is 5.20. The van der Waals surface area contributed by atoms with Crippen molar-refractivity contribution in [2.75, 3.05) is 25.3 Å². The quantitative estimate of drug-likeness (QED) is 0.578. The number of benzene rings is 2. The van der Waals surface area contributed by atoms with E-state index in [4.69, 9.17) is 14.2 Å². The summed E-state index contributed by atoms with van der Waals surface area (Å²) >= 11 is 1.03. The molecule has 0 unspecified atom stereocenters. The second-order valence-corrected chi connectivity index (χ2v) is 6.43. The Balaban J connectivity index is 1.24. The number of rotatable bonds is 6. The van der Waals surface area contributed by atoms with Gasteiger partial charge in [-0.05, 0) is 30.3 Å². The first kappa shape index (κ1) is 18.6. The zero-order chi connectivity index (χ0) is 20.2. The van der Waals surface area contributed by atoms with E-state index in [9.17, 15) is 14.4 Å². The van der Waals surface area contributed by atoms with E-state index in [0.717, 1.165) is 11.7 Å². The molecular formula is C18H14N4O6S. The molecule has 11 heteroatoms. The number of hydrogen-bond acceptors (Lipinski definition) is 9. The summed E-state index contributed by atoms with van der Waals surface area (Å²) in [5.41, 5.74) is 2.02. The Morgan fingerprint density at radius 1 is 1.10 bits per heavy atom. The summed E-state index contributed by atoms with van der Waals surface area (Å²) in [5.74, 6) is -0.741. The molecule has 1 aliphatic heterocycles. The zero-order valence-electron chi connectivity index (χ0n) is 14.8. The highest BCUT2D eigenvalue weighted by molar-refractivity contribution is 7.00. The van der Waals surface area contributed by atoms with E-state index in [1.54, 1.807) is 30.3 Å². The van der Waals surface area contributed by atoms with Gasteiger partial charge in [0.15, 0.2) is 18.1 Å². The second kappa shape index (κ2) is 8.10. The number of ether oxygens (including phenoxy) is 3. The molecule has 2 aromatic carbocycles. The van der Waals surface area contributed by atoms with Crippen LogP contribution in [0, 0.1) is 0 Å². The molecule has 4 rings (SSSR count). The second-order valence-electron chi connectivity index (χ2n) is 5.90. The molecule has 0 atom stereocenters. The Hall–Kier alpha value is -3.73. The lowest BCUT2D eigenvalue weighted by molar-refractivity contribution is -0.146. The minimum atomic E-state index is -0.747. The van der Waals surface area contributed by atoms with E-state index >= 15 is 0 Å². The van der Waals surface area contributed by atoms with Crippen molar-refractivity contribution in [3.8, 4) is 11.5 Å². The van der Waals surface area contributed by atoms with E-state index in [0.29, 0.717) is 33.8 Å². The minimum absolute atomic E-state index is 0.0995. The van der Waals surface area contributed by atoms with Crippen LogP contribution >= 0.6 is 11.7 Å². The van der Waals surface area contributed by atoms with Gasteiger partial charge in [-0.1, -0.05) is 6.07 Å². The summed E-state index contributed by atoms with van der Waals surface area (Å²) in [4.78, 5) is 35.9. The van der Waals surface area contributed by atoms with Crippen LogP contribution in [0.2, 0.25) is 0 Å². The van der Waals surface area contributed by atoms with Crippen molar-refractivity contribution < 1.29 is 28.6 Å². The Morgan fingerprint density at radius 2 is 1.97 bits per heavy atom. The summed E-state index contributed by atoms with van der Waals surface area (Å²) < 4.78 is 23.5. The van der Waals surface area contributed by atoms with Gasteiger partial charge in [0.2, 0.25) is 6.79 Å². The molecule has 0 bridgehead atoms. The van der Waals surface area contributed by atoms with Crippen LogP contribution in [0.4, 0.5) is 5.69 Å². The molecule has 0 spiro atoms. The van der Waals surface area contributed by atoms with Crippen LogP contribution in [0.25, 0.3) is 11.0 Å². The number of esters is 1. The fraction of sp³-hybridized carbons (Fsp3) is 0.167. The first-order valence-electron chi connectivity index (χ1n) is 8.45. The standard InChI is InChI=1S/C18H14N4O6S/c23-15(20-11-2-1-3-12-17(11)22-29-21-12)8-26-16(24)7-19-18(25)10-4-5-13-14(6-10)28-9-27-13/h1-6H,7-9H2,(H,19,25)(H,20,23). The highest BCUT2D eigenvalue weighted by atomic mass is 32.1. The number of anilines is 1. The van der Waals surface area contributed by atoms with Crippen LogP contribution in [0.15, 0.2) is 36.4 Å². The molecule has 0 aliphatic carbocycles. The molecule has 148 valence electrons. The van der Waals surface area contributed by atoms with Crippen LogP contribution in [-0.4, -0.2) is 46.5 Å². The monoisotopic (exact) mass is 414 g/mol. The molecule has 0 fully saturated rings.